The van der Waals surface area contributed by atoms with Crippen molar-refractivity contribution < 1.29 is 14.3 Å². The van der Waals surface area contributed by atoms with Crippen molar-refractivity contribution >= 4 is 23.2 Å². The lowest BCUT2D eigenvalue weighted by Crippen LogP contribution is -2.33. The van der Waals surface area contributed by atoms with Gasteiger partial charge >= 0.3 is 0 Å². The summed E-state index contributed by atoms with van der Waals surface area (Å²) in [5, 5.41) is 0.772. The zero-order chi connectivity index (χ0) is 21.5. The normalized spacial score (nSPS) is 10.6. The molecule has 0 saturated heterocycles. The van der Waals surface area contributed by atoms with Crippen LogP contribution in [0.1, 0.15) is 34.3 Å². The molecule has 3 aromatic rings. The Hall–Kier alpha value is -3.19. The lowest BCUT2D eigenvalue weighted by Gasteiger charge is -2.22. The summed E-state index contributed by atoms with van der Waals surface area (Å²) in [6.07, 6.45) is 0.113. The molecule has 0 atom stereocenters. The highest BCUT2D eigenvalue weighted by Crippen LogP contribution is 2.30. The first-order valence-electron chi connectivity index (χ1n) is 9.80. The highest BCUT2D eigenvalue weighted by molar-refractivity contribution is 7.17. The van der Waals surface area contributed by atoms with Crippen molar-refractivity contribution in [3.63, 3.8) is 0 Å². The number of carbonyl (C=O) groups is 2. The summed E-state index contributed by atoms with van der Waals surface area (Å²) in [6.45, 7) is 5.05. The van der Waals surface area contributed by atoms with E-state index < -0.39 is 5.91 Å². The second-order valence-corrected chi connectivity index (χ2v) is 7.82. The van der Waals surface area contributed by atoms with E-state index in [1.165, 1.54) is 11.3 Å². The van der Waals surface area contributed by atoms with Crippen molar-refractivity contribution in [1.29, 1.82) is 0 Å². The average molecular weight is 424 g/mol. The summed E-state index contributed by atoms with van der Waals surface area (Å²) in [7, 11) is 0. The van der Waals surface area contributed by atoms with Gasteiger partial charge in [-0.25, -0.2) is 4.98 Å². The molecule has 3 rings (SSSR count). The van der Waals surface area contributed by atoms with Crippen LogP contribution in [0.3, 0.4) is 0 Å². The minimum atomic E-state index is -0.433. The number of primary amides is 1. The molecule has 0 spiro atoms. The Labute approximate surface area is 180 Å². The molecular weight excluding hydrogens is 398 g/mol. The van der Waals surface area contributed by atoms with E-state index >= 15 is 0 Å². The van der Waals surface area contributed by atoms with Crippen LogP contribution < -0.4 is 10.5 Å². The fraction of sp³-hybridized carbons (Fsp3) is 0.261. The molecule has 1 heterocycles. The number of carbonyl (C=O) groups excluding carboxylic acids is 2. The van der Waals surface area contributed by atoms with Gasteiger partial charge in [-0.1, -0.05) is 30.3 Å². The molecule has 0 aliphatic carbocycles. The van der Waals surface area contributed by atoms with E-state index in [4.69, 9.17) is 10.5 Å². The van der Waals surface area contributed by atoms with Crippen molar-refractivity contribution in [1.82, 2.24) is 9.88 Å². The number of nitrogens with two attached hydrogens (primary N) is 1. The van der Waals surface area contributed by atoms with Gasteiger partial charge in [0.25, 0.3) is 5.91 Å². The number of thiazole rings is 1. The van der Waals surface area contributed by atoms with Crippen LogP contribution in [0.25, 0.3) is 10.6 Å². The van der Waals surface area contributed by atoms with Crippen LogP contribution in [-0.2, 0) is 11.3 Å². The molecule has 1 aromatic heterocycles. The van der Waals surface area contributed by atoms with E-state index in [2.05, 4.69) is 4.98 Å². The molecule has 0 bridgehead atoms. The molecule has 2 N–H and O–H groups in total. The molecule has 6 nitrogen and oxygen atoms in total. The summed E-state index contributed by atoms with van der Waals surface area (Å²) in [4.78, 5) is 31.4. The summed E-state index contributed by atoms with van der Waals surface area (Å²) in [5.74, 6) is 0.218. The van der Waals surface area contributed by atoms with E-state index in [-0.39, 0.29) is 18.9 Å². The molecule has 0 radical (unpaired) electrons. The minimum Gasteiger partial charge on any atom is -0.494 e. The molecule has 156 valence electrons. The highest BCUT2D eigenvalue weighted by Gasteiger charge is 2.22. The molecule has 0 aliphatic rings. The first kappa shape index (κ1) is 21.5. The fourth-order valence-corrected chi connectivity index (χ4v) is 4.06. The molecule has 0 unspecified atom stereocenters. The van der Waals surface area contributed by atoms with E-state index in [0.29, 0.717) is 23.7 Å². The lowest BCUT2D eigenvalue weighted by molar-refractivity contribution is -0.118. The number of hydrogen-bond donors (Lipinski definition) is 1. The van der Waals surface area contributed by atoms with Gasteiger partial charge in [-0.15, -0.1) is 11.3 Å². The molecule has 0 saturated carbocycles. The molecule has 0 fully saturated rings. The van der Waals surface area contributed by atoms with E-state index in [1.54, 1.807) is 4.90 Å². The van der Waals surface area contributed by atoms with Gasteiger partial charge in [-0.05, 0) is 43.7 Å². The molecular formula is C23H25N3O3S. The Morgan fingerprint density at radius 1 is 1.10 bits per heavy atom. The Kier molecular flexibility index (Phi) is 7.19. The van der Waals surface area contributed by atoms with Crippen LogP contribution in [-0.4, -0.2) is 34.8 Å². The summed E-state index contributed by atoms with van der Waals surface area (Å²) >= 11 is 1.35. The van der Waals surface area contributed by atoms with Crippen LogP contribution in [0.5, 0.6) is 5.75 Å². The zero-order valence-electron chi connectivity index (χ0n) is 17.1. The van der Waals surface area contributed by atoms with Crippen molar-refractivity contribution in [2.75, 3.05) is 13.2 Å². The third-order valence-electron chi connectivity index (χ3n) is 4.53. The van der Waals surface area contributed by atoms with Crippen molar-refractivity contribution in [2.24, 2.45) is 5.73 Å². The fourth-order valence-electron chi connectivity index (χ4n) is 3.02. The molecule has 0 aliphatic heterocycles. The number of ether oxygens (including phenoxy) is 1. The predicted molar refractivity (Wildman–Crippen MR) is 118 cm³/mol. The Bertz CT molecular complexity index is 1000. The van der Waals surface area contributed by atoms with Crippen LogP contribution >= 0.6 is 11.3 Å². The van der Waals surface area contributed by atoms with Crippen LogP contribution in [0, 0.1) is 6.92 Å². The predicted octanol–water partition coefficient (Wildman–Crippen LogP) is 4.04. The van der Waals surface area contributed by atoms with E-state index in [1.807, 2.05) is 68.4 Å². The Morgan fingerprint density at radius 2 is 1.80 bits per heavy atom. The number of aromatic nitrogens is 1. The van der Waals surface area contributed by atoms with Gasteiger partial charge in [0, 0.05) is 25.1 Å². The zero-order valence-corrected chi connectivity index (χ0v) is 17.9. The Morgan fingerprint density at radius 3 is 2.43 bits per heavy atom. The van der Waals surface area contributed by atoms with Gasteiger partial charge in [-0.3, -0.25) is 9.59 Å². The largest absolute Gasteiger partial charge is 0.494 e. The van der Waals surface area contributed by atoms with E-state index in [0.717, 1.165) is 21.9 Å². The van der Waals surface area contributed by atoms with Crippen molar-refractivity contribution in [2.45, 2.75) is 26.8 Å². The van der Waals surface area contributed by atoms with Crippen LogP contribution in [0.4, 0.5) is 0 Å². The van der Waals surface area contributed by atoms with Gasteiger partial charge in [-0.2, -0.15) is 0 Å². The van der Waals surface area contributed by atoms with Gasteiger partial charge in [0.05, 0.1) is 12.3 Å². The van der Waals surface area contributed by atoms with Gasteiger partial charge < -0.3 is 15.4 Å². The number of hydrogen-bond acceptors (Lipinski definition) is 5. The standard InChI is InChI=1S/C23H25N3O3S/c1-3-29-19-11-9-18(10-12-19)22-25-16(2)21(30-22)23(28)26(14-13-20(24)27)15-17-7-5-4-6-8-17/h4-12H,3,13-15H2,1-2H3,(H2,24,27). The number of rotatable bonds is 9. The highest BCUT2D eigenvalue weighted by atomic mass is 32.1. The first-order valence-corrected chi connectivity index (χ1v) is 10.6. The van der Waals surface area contributed by atoms with Crippen LogP contribution in [0.2, 0.25) is 0 Å². The minimum absolute atomic E-state index is 0.113. The third-order valence-corrected chi connectivity index (χ3v) is 5.73. The Balaban J connectivity index is 1.84. The smallest absolute Gasteiger partial charge is 0.266 e. The van der Waals surface area contributed by atoms with Gasteiger partial charge in [0.1, 0.15) is 15.6 Å². The molecule has 30 heavy (non-hydrogen) atoms. The molecule has 2 aromatic carbocycles. The maximum Gasteiger partial charge on any atom is 0.266 e. The number of benzene rings is 2. The molecule has 2 amide bonds. The lowest BCUT2D eigenvalue weighted by atomic mass is 10.2. The number of aryl methyl sites for hydroxylation is 1. The molecule has 7 heteroatoms. The third kappa shape index (κ3) is 5.45. The second kappa shape index (κ2) is 10.0. The number of nitrogens with zero attached hydrogens (tertiary/aromatic N) is 2. The maximum atomic E-state index is 13.3. The summed E-state index contributed by atoms with van der Waals surface area (Å²) in [5.41, 5.74) is 7.91. The topological polar surface area (TPSA) is 85.5 Å². The average Bonchev–Trinajstić information content (AvgIpc) is 3.13. The quantitative estimate of drug-likeness (QED) is 0.563. The summed E-state index contributed by atoms with van der Waals surface area (Å²) in [6, 6.07) is 17.3. The second-order valence-electron chi connectivity index (χ2n) is 6.82. The van der Waals surface area contributed by atoms with Gasteiger partial charge in [0.2, 0.25) is 5.91 Å². The SMILES string of the molecule is CCOc1ccc(-c2nc(C)c(C(=O)N(CCC(N)=O)Cc3ccccc3)s2)cc1. The van der Waals surface area contributed by atoms with Gasteiger partial charge in [0.15, 0.2) is 0 Å². The van der Waals surface area contributed by atoms with Crippen molar-refractivity contribution in [3.05, 3.63) is 70.7 Å². The monoisotopic (exact) mass is 423 g/mol. The maximum absolute atomic E-state index is 13.3. The first-order chi connectivity index (χ1) is 14.5. The van der Waals surface area contributed by atoms with E-state index in [9.17, 15) is 9.59 Å². The number of amides is 2. The van der Waals surface area contributed by atoms with Crippen LogP contribution in [0.15, 0.2) is 54.6 Å². The van der Waals surface area contributed by atoms with Crippen molar-refractivity contribution in [3.8, 4) is 16.3 Å². The summed E-state index contributed by atoms with van der Waals surface area (Å²) < 4.78 is 5.48.